The van der Waals surface area contributed by atoms with Gasteiger partial charge in [-0.2, -0.15) is 0 Å². The Labute approximate surface area is 193 Å². The maximum absolute atomic E-state index is 12.6. The molecule has 0 aliphatic carbocycles. The zero-order chi connectivity index (χ0) is 23.6. The molecular formula is C25H28N2O6. The van der Waals surface area contributed by atoms with E-state index < -0.39 is 0 Å². The van der Waals surface area contributed by atoms with Crippen LogP contribution >= 0.6 is 0 Å². The summed E-state index contributed by atoms with van der Waals surface area (Å²) in [5.41, 5.74) is 2.45. The Balaban J connectivity index is 1.64. The zero-order valence-electron chi connectivity index (χ0n) is 19.2. The number of nitrogens with zero attached hydrogens (tertiary/aromatic N) is 1. The molecule has 8 nitrogen and oxygen atoms in total. The average molecular weight is 453 g/mol. The van der Waals surface area contributed by atoms with Crippen LogP contribution in [-0.4, -0.2) is 39.3 Å². The lowest BCUT2D eigenvalue weighted by Crippen LogP contribution is -2.12. The lowest BCUT2D eigenvalue weighted by Gasteiger charge is -2.14. The van der Waals surface area contributed by atoms with Crippen molar-refractivity contribution in [1.29, 1.82) is 0 Å². The number of aryl methyl sites for hydroxylation is 1. The van der Waals surface area contributed by atoms with Crippen molar-refractivity contribution in [1.82, 2.24) is 4.98 Å². The number of ether oxygens (including phenoxy) is 5. The van der Waals surface area contributed by atoms with Gasteiger partial charge < -0.3 is 29.0 Å². The molecule has 174 valence electrons. The molecule has 0 fully saturated rings. The molecule has 1 amide bonds. The fraction of sp³-hybridized carbons (Fsp3) is 0.280. The average Bonchev–Trinajstić information content (AvgIpc) is 2.86. The Morgan fingerprint density at radius 2 is 1.58 bits per heavy atom. The molecule has 0 radical (unpaired) electrons. The highest BCUT2D eigenvalue weighted by Gasteiger charge is 2.14. The molecule has 3 rings (SSSR count). The molecule has 2 aromatic carbocycles. The third kappa shape index (κ3) is 6.29. The number of aromatic nitrogens is 1. The van der Waals surface area contributed by atoms with Gasteiger partial charge in [0.1, 0.15) is 6.61 Å². The summed E-state index contributed by atoms with van der Waals surface area (Å²) in [6.45, 7) is 0.336. The number of carbonyl (C=O) groups excluding carboxylic acids is 1. The van der Waals surface area contributed by atoms with Gasteiger partial charge in [-0.3, -0.25) is 9.78 Å². The summed E-state index contributed by atoms with van der Waals surface area (Å²) in [5, 5.41) is 2.91. The molecule has 8 heteroatoms. The van der Waals surface area contributed by atoms with Gasteiger partial charge in [-0.15, -0.1) is 0 Å². The predicted molar refractivity (Wildman–Crippen MR) is 125 cm³/mol. The molecule has 0 unspecified atom stereocenters. The maximum Gasteiger partial charge on any atom is 0.224 e. The highest BCUT2D eigenvalue weighted by Crippen LogP contribution is 2.38. The normalized spacial score (nSPS) is 10.3. The summed E-state index contributed by atoms with van der Waals surface area (Å²) >= 11 is 0. The fourth-order valence-corrected chi connectivity index (χ4v) is 3.27. The van der Waals surface area contributed by atoms with Crippen LogP contribution in [0.1, 0.15) is 17.5 Å². The number of hydrogen-bond donors (Lipinski definition) is 1. The number of pyridine rings is 1. The smallest absolute Gasteiger partial charge is 0.224 e. The highest BCUT2D eigenvalue weighted by atomic mass is 16.5. The van der Waals surface area contributed by atoms with Crippen molar-refractivity contribution in [2.24, 2.45) is 0 Å². The summed E-state index contributed by atoms with van der Waals surface area (Å²) in [6.07, 6.45) is 4.22. The van der Waals surface area contributed by atoms with Gasteiger partial charge in [0.05, 0.1) is 28.4 Å². The minimum atomic E-state index is -0.132. The van der Waals surface area contributed by atoms with Crippen molar-refractivity contribution in [2.75, 3.05) is 33.8 Å². The molecule has 1 aromatic heterocycles. The summed E-state index contributed by atoms with van der Waals surface area (Å²) in [6, 6.07) is 12.7. The molecular weight excluding hydrogens is 424 g/mol. The van der Waals surface area contributed by atoms with Crippen molar-refractivity contribution in [3.05, 3.63) is 66.0 Å². The molecule has 0 saturated carbocycles. The molecule has 3 aromatic rings. The highest BCUT2D eigenvalue weighted by molar-refractivity contribution is 5.91. The summed E-state index contributed by atoms with van der Waals surface area (Å²) in [7, 11) is 6.25. The molecule has 33 heavy (non-hydrogen) atoms. The van der Waals surface area contributed by atoms with E-state index in [-0.39, 0.29) is 12.3 Å². The van der Waals surface area contributed by atoms with Crippen LogP contribution in [0.3, 0.4) is 0 Å². The van der Waals surface area contributed by atoms with Gasteiger partial charge in [0.2, 0.25) is 11.7 Å². The molecule has 1 N–H and O–H groups in total. The quantitative estimate of drug-likeness (QED) is 0.465. The summed E-state index contributed by atoms with van der Waals surface area (Å²) < 4.78 is 27.4. The van der Waals surface area contributed by atoms with E-state index in [0.717, 1.165) is 11.1 Å². The summed E-state index contributed by atoms with van der Waals surface area (Å²) in [4.78, 5) is 16.7. The number of anilines is 1. The molecule has 0 aliphatic heterocycles. The Hall–Kier alpha value is -3.94. The third-order valence-electron chi connectivity index (χ3n) is 4.93. The SMILES string of the molecule is COc1ccc(NC(=O)CCc2cc(OC)c(OC)c(OC)c2)cc1OCc1cccnc1. The van der Waals surface area contributed by atoms with Crippen LogP contribution in [0.15, 0.2) is 54.9 Å². The second-order valence-corrected chi connectivity index (χ2v) is 7.10. The number of nitrogens with one attached hydrogen (secondary N) is 1. The van der Waals surface area contributed by atoms with Crippen LogP contribution in [0.5, 0.6) is 28.7 Å². The standard InChI is InChI=1S/C25H28N2O6/c1-29-20-9-8-19(14-21(20)33-16-18-6-5-11-26-15-18)27-24(28)10-7-17-12-22(30-2)25(32-4)23(13-17)31-3/h5-6,8-9,11-15H,7,10,16H2,1-4H3,(H,27,28). The maximum atomic E-state index is 12.6. The zero-order valence-corrected chi connectivity index (χ0v) is 19.2. The van der Waals surface area contributed by atoms with Crippen LogP contribution in [0.2, 0.25) is 0 Å². The number of benzene rings is 2. The topological polar surface area (TPSA) is 88.1 Å². The minimum Gasteiger partial charge on any atom is -0.493 e. The van der Waals surface area contributed by atoms with E-state index in [1.807, 2.05) is 24.3 Å². The molecule has 0 aliphatic rings. The van der Waals surface area contributed by atoms with Crippen LogP contribution in [0, 0.1) is 0 Å². The van der Waals surface area contributed by atoms with Crippen LogP contribution in [-0.2, 0) is 17.8 Å². The van der Waals surface area contributed by atoms with E-state index in [0.29, 0.717) is 47.5 Å². The Morgan fingerprint density at radius 3 is 2.18 bits per heavy atom. The number of rotatable bonds is 11. The molecule has 0 atom stereocenters. The van der Waals surface area contributed by atoms with Crippen molar-refractivity contribution >= 4 is 11.6 Å². The van der Waals surface area contributed by atoms with Crippen molar-refractivity contribution in [3.8, 4) is 28.7 Å². The first-order chi connectivity index (χ1) is 16.1. The van der Waals surface area contributed by atoms with Crippen LogP contribution < -0.4 is 29.0 Å². The first-order valence-corrected chi connectivity index (χ1v) is 10.4. The van der Waals surface area contributed by atoms with Gasteiger partial charge in [-0.1, -0.05) is 6.07 Å². The number of carbonyl (C=O) groups is 1. The Bertz CT molecular complexity index is 1050. The second-order valence-electron chi connectivity index (χ2n) is 7.10. The first kappa shape index (κ1) is 23.7. The van der Waals surface area contributed by atoms with Crippen molar-refractivity contribution < 1.29 is 28.5 Å². The summed E-state index contributed by atoms with van der Waals surface area (Å²) in [5.74, 6) is 2.60. The van der Waals surface area contributed by atoms with Gasteiger partial charge in [0.25, 0.3) is 0 Å². The van der Waals surface area contributed by atoms with Gasteiger partial charge in [0.15, 0.2) is 23.0 Å². The molecule has 0 saturated heterocycles. The van der Waals surface area contributed by atoms with Crippen LogP contribution in [0.25, 0.3) is 0 Å². The van der Waals surface area contributed by atoms with Crippen LogP contribution in [0.4, 0.5) is 5.69 Å². The third-order valence-corrected chi connectivity index (χ3v) is 4.93. The largest absolute Gasteiger partial charge is 0.493 e. The number of hydrogen-bond acceptors (Lipinski definition) is 7. The van der Waals surface area contributed by atoms with E-state index >= 15 is 0 Å². The second kappa shape index (κ2) is 11.6. The predicted octanol–water partition coefficient (Wildman–Crippen LogP) is 4.27. The van der Waals surface area contributed by atoms with Crippen molar-refractivity contribution in [2.45, 2.75) is 19.4 Å². The van der Waals surface area contributed by atoms with E-state index in [9.17, 15) is 4.79 Å². The van der Waals surface area contributed by atoms with Crippen molar-refractivity contribution in [3.63, 3.8) is 0 Å². The van der Waals surface area contributed by atoms with E-state index in [2.05, 4.69) is 10.3 Å². The monoisotopic (exact) mass is 452 g/mol. The lowest BCUT2D eigenvalue weighted by molar-refractivity contribution is -0.116. The van der Waals surface area contributed by atoms with Gasteiger partial charge in [0, 0.05) is 36.1 Å². The number of amides is 1. The Kier molecular flexibility index (Phi) is 8.35. The van der Waals surface area contributed by atoms with Gasteiger partial charge in [-0.05, 0) is 42.3 Å². The molecule has 0 spiro atoms. The lowest BCUT2D eigenvalue weighted by atomic mass is 10.1. The first-order valence-electron chi connectivity index (χ1n) is 10.4. The van der Waals surface area contributed by atoms with E-state index in [4.69, 9.17) is 23.7 Å². The van der Waals surface area contributed by atoms with Gasteiger partial charge >= 0.3 is 0 Å². The fourth-order valence-electron chi connectivity index (χ4n) is 3.27. The minimum absolute atomic E-state index is 0.132. The molecule has 0 bridgehead atoms. The molecule has 1 heterocycles. The van der Waals surface area contributed by atoms with Gasteiger partial charge in [-0.25, -0.2) is 0 Å². The number of methoxy groups -OCH3 is 4. The van der Waals surface area contributed by atoms with E-state index in [1.165, 1.54) is 0 Å². The Morgan fingerprint density at radius 1 is 0.848 bits per heavy atom. The van der Waals surface area contributed by atoms with E-state index in [1.54, 1.807) is 59.0 Å².